The smallest absolute Gasteiger partial charge is 0.320 e. The normalized spacial score (nSPS) is 12.9. The monoisotopic (exact) mass is 368 g/mol. The standard InChI is InChI=1S/C12H20N2O11/c15-7(16)1-13-3-9(19)23-5-11(21)25-12(22)6-24-10(20)4-14-2-8(17)18/h11-14,21-22H,1-6H2,(H,15,16)(H,17,18). The summed E-state index contributed by atoms with van der Waals surface area (Å²) in [7, 11) is 0. The molecule has 13 heteroatoms. The summed E-state index contributed by atoms with van der Waals surface area (Å²) in [5, 5.41) is 39.9. The summed E-state index contributed by atoms with van der Waals surface area (Å²) in [6.45, 7) is -2.97. The summed E-state index contributed by atoms with van der Waals surface area (Å²) in [4.78, 5) is 42.7. The van der Waals surface area contributed by atoms with E-state index < -0.39 is 75.9 Å². The highest BCUT2D eigenvalue weighted by atomic mass is 16.7. The number of carbonyl (C=O) groups is 4. The minimum atomic E-state index is -1.71. The van der Waals surface area contributed by atoms with E-state index >= 15 is 0 Å². The number of hydrogen-bond acceptors (Lipinski definition) is 11. The number of carboxylic acid groups (broad SMARTS) is 2. The molecule has 0 radical (unpaired) electrons. The first-order valence-electron chi connectivity index (χ1n) is 6.88. The Morgan fingerprint density at radius 2 is 1.08 bits per heavy atom. The van der Waals surface area contributed by atoms with Gasteiger partial charge in [0.05, 0.1) is 26.2 Å². The van der Waals surface area contributed by atoms with Crippen LogP contribution < -0.4 is 10.6 Å². The van der Waals surface area contributed by atoms with Gasteiger partial charge in [-0.2, -0.15) is 0 Å². The lowest BCUT2D eigenvalue weighted by atomic mass is 10.5. The van der Waals surface area contributed by atoms with Crippen LogP contribution in [0.2, 0.25) is 0 Å². The van der Waals surface area contributed by atoms with Crippen molar-refractivity contribution in [2.75, 3.05) is 39.4 Å². The number of aliphatic carboxylic acids is 2. The molecule has 2 unspecified atom stereocenters. The van der Waals surface area contributed by atoms with Crippen molar-refractivity contribution in [2.24, 2.45) is 0 Å². The molecular formula is C12H20N2O11. The lowest BCUT2D eigenvalue weighted by molar-refractivity contribution is -0.237. The molecule has 0 amide bonds. The minimum Gasteiger partial charge on any atom is -0.480 e. The summed E-state index contributed by atoms with van der Waals surface area (Å²) >= 11 is 0. The Balaban J connectivity index is 3.78. The van der Waals surface area contributed by atoms with E-state index in [0.717, 1.165) is 0 Å². The molecule has 0 aromatic heterocycles. The van der Waals surface area contributed by atoms with Crippen LogP contribution in [0.25, 0.3) is 0 Å². The van der Waals surface area contributed by atoms with Crippen molar-refractivity contribution >= 4 is 23.9 Å². The van der Waals surface area contributed by atoms with Gasteiger partial charge in [-0.25, -0.2) is 0 Å². The molecule has 0 aliphatic rings. The predicted molar refractivity (Wildman–Crippen MR) is 76.0 cm³/mol. The van der Waals surface area contributed by atoms with E-state index in [-0.39, 0.29) is 0 Å². The lowest BCUT2D eigenvalue weighted by Gasteiger charge is -2.17. The van der Waals surface area contributed by atoms with Gasteiger partial charge in [0.25, 0.3) is 0 Å². The Hall–Kier alpha value is -2.32. The molecule has 144 valence electrons. The van der Waals surface area contributed by atoms with Crippen LogP contribution in [0.1, 0.15) is 0 Å². The van der Waals surface area contributed by atoms with Gasteiger partial charge in [0, 0.05) is 0 Å². The van der Waals surface area contributed by atoms with Crippen LogP contribution in [0.5, 0.6) is 0 Å². The van der Waals surface area contributed by atoms with Crippen LogP contribution in [-0.2, 0) is 33.4 Å². The second-order valence-corrected chi connectivity index (χ2v) is 4.41. The van der Waals surface area contributed by atoms with Gasteiger partial charge in [0.2, 0.25) is 0 Å². The fraction of sp³-hybridized carbons (Fsp3) is 0.667. The Labute approximate surface area is 141 Å². The zero-order chi connectivity index (χ0) is 19.2. The van der Waals surface area contributed by atoms with Gasteiger partial charge < -0.3 is 34.6 Å². The molecule has 0 spiro atoms. The zero-order valence-electron chi connectivity index (χ0n) is 13.0. The van der Waals surface area contributed by atoms with E-state index in [1.807, 2.05) is 0 Å². The number of ether oxygens (including phenoxy) is 3. The highest BCUT2D eigenvalue weighted by molar-refractivity contribution is 5.74. The van der Waals surface area contributed by atoms with Crippen LogP contribution in [0.4, 0.5) is 0 Å². The van der Waals surface area contributed by atoms with Gasteiger partial charge in [-0.1, -0.05) is 0 Å². The third-order valence-electron chi connectivity index (χ3n) is 2.18. The molecule has 0 fully saturated rings. The fourth-order valence-corrected chi connectivity index (χ4v) is 1.23. The zero-order valence-corrected chi connectivity index (χ0v) is 13.0. The highest BCUT2D eigenvalue weighted by Gasteiger charge is 2.16. The van der Waals surface area contributed by atoms with Crippen LogP contribution in [-0.4, -0.2) is 96.3 Å². The Morgan fingerprint density at radius 1 is 0.720 bits per heavy atom. The van der Waals surface area contributed by atoms with Gasteiger partial charge in [-0.15, -0.1) is 0 Å². The van der Waals surface area contributed by atoms with Crippen molar-refractivity contribution in [3.05, 3.63) is 0 Å². The van der Waals surface area contributed by atoms with Crippen molar-refractivity contribution in [1.82, 2.24) is 10.6 Å². The van der Waals surface area contributed by atoms with E-state index in [9.17, 15) is 29.4 Å². The maximum absolute atomic E-state index is 11.2. The summed E-state index contributed by atoms with van der Waals surface area (Å²) in [5.74, 6) is -4.03. The first kappa shape index (κ1) is 22.7. The van der Waals surface area contributed by atoms with E-state index in [1.165, 1.54) is 0 Å². The molecule has 0 saturated heterocycles. The van der Waals surface area contributed by atoms with Crippen molar-refractivity contribution in [3.63, 3.8) is 0 Å². The number of nitrogens with one attached hydrogen (secondary N) is 2. The molecule has 0 bridgehead atoms. The summed E-state index contributed by atoms with van der Waals surface area (Å²) in [6, 6.07) is 0. The average Bonchev–Trinajstić information content (AvgIpc) is 2.50. The third kappa shape index (κ3) is 15.0. The molecule has 6 N–H and O–H groups in total. The summed E-state index contributed by atoms with van der Waals surface area (Å²) in [6.07, 6.45) is -3.41. The van der Waals surface area contributed by atoms with Crippen molar-refractivity contribution in [2.45, 2.75) is 12.6 Å². The second kappa shape index (κ2) is 13.0. The van der Waals surface area contributed by atoms with Gasteiger partial charge >= 0.3 is 23.9 Å². The number of aliphatic hydroxyl groups excluding tert-OH is 2. The largest absolute Gasteiger partial charge is 0.480 e. The number of carbonyl (C=O) groups excluding carboxylic acids is 2. The predicted octanol–water partition coefficient (Wildman–Crippen LogP) is -3.93. The molecule has 0 heterocycles. The molecule has 0 aromatic carbocycles. The molecule has 0 aliphatic heterocycles. The first-order valence-corrected chi connectivity index (χ1v) is 6.88. The van der Waals surface area contributed by atoms with Crippen LogP contribution in [0.3, 0.4) is 0 Å². The van der Waals surface area contributed by atoms with E-state index in [1.54, 1.807) is 0 Å². The Morgan fingerprint density at radius 3 is 1.40 bits per heavy atom. The van der Waals surface area contributed by atoms with Crippen LogP contribution in [0, 0.1) is 0 Å². The number of esters is 2. The van der Waals surface area contributed by atoms with Gasteiger partial charge in [-0.05, 0) is 0 Å². The van der Waals surface area contributed by atoms with Crippen LogP contribution in [0.15, 0.2) is 0 Å². The number of carboxylic acids is 2. The van der Waals surface area contributed by atoms with Crippen LogP contribution >= 0.6 is 0 Å². The maximum Gasteiger partial charge on any atom is 0.320 e. The highest BCUT2D eigenvalue weighted by Crippen LogP contribution is 1.96. The van der Waals surface area contributed by atoms with Gasteiger partial charge in [0.1, 0.15) is 13.2 Å². The van der Waals surface area contributed by atoms with Crippen molar-refractivity contribution in [3.8, 4) is 0 Å². The van der Waals surface area contributed by atoms with E-state index in [0.29, 0.717) is 0 Å². The molecular weight excluding hydrogens is 348 g/mol. The number of rotatable bonds is 14. The van der Waals surface area contributed by atoms with Gasteiger partial charge in [0.15, 0.2) is 12.6 Å². The summed E-state index contributed by atoms with van der Waals surface area (Å²) < 4.78 is 13.6. The number of hydrogen-bond donors (Lipinski definition) is 6. The molecule has 0 rings (SSSR count). The Kier molecular flexibility index (Phi) is 11.8. The van der Waals surface area contributed by atoms with Gasteiger partial charge in [-0.3, -0.25) is 29.8 Å². The number of aliphatic hydroxyl groups is 2. The minimum absolute atomic E-state index is 0.400. The SMILES string of the molecule is O=C(O)CNCC(=O)OCC(O)OC(O)COC(=O)CNCC(=O)O. The molecule has 0 aliphatic carbocycles. The first-order chi connectivity index (χ1) is 11.7. The fourth-order valence-electron chi connectivity index (χ4n) is 1.23. The Bertz CT molecular complexity index is 416. The molecule has 25 heavy (non-hydrogen) atoms. The van der Waals surface area contributed by atoms with Crippen molar-refractivity contribution < 1.29 is 53.8 Å². The van der Waals surface area contributed by atoms with E-state index in [2.05, 4.69) is 24.8 Å². The van der Waals surface area contributed by atoms with Crippen molar-refractivity contribution in [1.29, 1.82) is 0 Å². The topological polar surface area (TPSA) is 201 Å². The average molecular weight is 368 g/mol. The van der Waals surface area contributed by atoms with E-state index in [4.69, 9.17) is 10.2 Å². The molecule has 13 nitrogen and oxygen atoms in total. The third-order valence-corrected chi connectivity index (χ3v) is 2.18. The second-order valence-electron chi connectivity index (χ2n) is 4.41. The quantitative estimate of drug-likeness (QED) is 0.128. The maximum atomic E-state index is 11.2. The lowest BCUT2D eigenvalue weighted by Crippen LogP contribution is -2.35. The summed E-state index contributed by atoms with van der Waals surface area (Å²) in [5.41, 5.74) is 0. The molecule has 0 saturated carbocycles. The molecule has 2 atom stereocenters. The molecule has 0 aromatic rings.